The summed E-state index contributed by atoms with van der Waals surface area (Å²) in [6.45, 7) is 2.53. The normalized spacial score (nSPS) is 26.1. The monoisotopic (exact) mass is 396 g/mol. The maximum atomic E-state index is 13.2. The molecule has 2 aliphatic rings. The predicted octanol–water partition coefficient (Wildman–Crippen LogP) is 0.122. The van der Waals surface area contributed by atoms with E-state index in [2.05, 4.69) is 16.0 Å². The zero-order valence-corrected chi connectivity index (χ0v) is 16.4. The van der Waals surface area contributed by atoms with Gasteiger partial charge in [-0.05, 0) is 45.0 Å². The molecule has 148 valence electrons. The number of methoxy groups -OCH3 is 1. The number of amides is 3. The Hall–Kier alpha value is -2.17. The molecule has 1 aromatic carbocycles. The number of nitrogens with zero attached hydrogens (tertiary/aromatic N) is 1. The number of hydrogen-bond donors (Lipinski definition) is 3. The van der Waals surface area contributed by atoms with Crippen LogP contribution in [0.15, 0.2) is 23.1 Å². The van der Waals surface area contributed by atoms with Crippen molar-refractivity contribution in [2.75, 3.05) is 27.2 Å². The first-order chi connectivity index (χ1) is 12.7. The second-order valence-corrected chi connectivity index (χ2v) is 8.76. The Balaban J connectivity index is 2.05. The number of carbonyl (C=O) groups excluding carboxylic acids is 2. The van der Waals surface area contributed by atoms with Gasteiger partial charge in [0.1, 0.15) is 11.3 Å². The van der Waals surface area contributed by atoms with E-state index in [9.17, 15) is 18.0 Å². The van der Waals surface area contributed by atoms with Crippen LogP contribution in [-0.4, -0.2) is 58.0 Å². The Bertz CT molecular complexity index is 872. The van der Waals surface area contributed by atoms with Crippen LogP contribution in [0.4, 0.5) is 4.79 Å². The van der Waals surface area contributed by atoms with E-state index in [4.69, 9.17) is 4.74 Å². The van der Waals surface area contributed by atoms with Crippen molar-refractivity contribution in [1.29, 1.82) is 0 Å². The van der Waals surface area contributed by atoms with Gasteiger partial charge in [0.25, 0.3) is 5.91 Å². The van der Waals surface area contributed by atoms with Gasteiger partial charge in [0.15, 0.2) is 0 Å². The highest BCUT2D eigenvalue weighted by Gasteiger charge is 2.46. The zero-order valence-electron chi connectivity index (χ0n) is 15.5. The number of rotatable bonds is 6. The number of ether oxygens (including phenoxy) is 1. The summed E-state index contributed by atoms with van der Waals surface area (Å²) in [7, 11) is -0.538. The van der Waals surface area contributed by atoms with Gasteiger partial charge in [-0.15, -0.1) is 0 Å². The lowest BCUT2D eigenvalue weighted by Crippen LogP contribution is -2.42. The van der Waals surface area contributed by atoms with E-state index in [1.54, 1.807) is 7.05 Å². The van der Waals surface area contributed by atoms with Gasteiger partial charge in [-0.2, -0.15) is 4.31 Å². The minimum atomic E-state index is -3.75. The predicted molar refractivity (Wildman–Crippen MR) is 97.9 cm³/mol. The van der Waals surface area contributed by atoms with E-state index in [1.165, 1.54) is 36.5 Å². The summed E-state index contributed by atoms with van der Waals surface area (Å²) in [5.41, 5.74) is -1.12. The average molecular weight is 396 g/mol. The first-order valence-corrected chi connectivity index (χ1v) is 10.2. The Morgan fingerprint density at radius 3 is 2.70 bits per heavy atom. The molecule has 3 rings (SSSR count). The van der Waals surface area contributed by atoms with Crippen molar-refractivity contribution in [1.82, 2.24) is 20.3 Å². The van der Waals surface area contributed by atoms with E-state index < -0.39 is 27.5 Å². The van der Waals surface area contributed by atoms with E-state index in [0.29, 0.717) is 24.4 Å². The van der Waals surface area contributed by atoms with Crippen LogP contribution in [0.1, 0.15) is 25.3 Å². The number of likely N-dealkylation sites (N-methyl/N-ethyl adjacent to an activating group) is 1. The maximum Gasteiger partial charge on any atom is 0.322 e. The fourth-order valence-corrected chi connectivity index (χ4v) is 5.39. The van der Waals surface area contributed by atoms with Gasteiger partial charge in [0, 0.05) is 24.7 Å². The van der Waals surface area contributed by atoms with E-state index >= 15 is 0 Å². The highest BCUT2D eigenvalue weighted by atomic mass is 32.2. The minimum Gasteiger partial charge on any atom is -0.496 e. The van der Waals surface area contributed by atoms with E-state index in [-0.39, 0.29) is 10.9 Å². The standard InChI is InChI=1S/C17H24N4O5S/c1-17(15(22)19-16(23)20-17)13-9-12(6-7-14(13)26-3)27(24,25)21-8-4-5-11(21)10-18-2/h6-7,9,11,18H,4-5,8,10H2,1-3H3,(H2,19,20,22,23). The van der Waals surface area contributed by atoms with Crippen molar-refractivity contribution >= 4 is 22.0 Å². The minimum absolute atomic E-state index is 0.0662. The lowest BCUT2D eigenvalue weighted by atomic mass is 9.91. The average Bonchev–Trinajstić information content (AvgIpc) is 3.19. The molecule has 2 fully saturated rings. The molecule has 0 spiro atoms. The van der Waals surface area contributed by atoms with Crippen molar-refractivity contribution in [3.63, 3.8) is 0 Å². The molecule has 2 saturated heterocycles. The summed E-state index contributed by atoms with van der Waals surface area (Å²) >= 11 is 0. The van der Waals surface area contributed by atoms with Crippen LogP contribution >= 0.6 is 0 Å². The van der Waals surface area contributed by atoms with Gasteiger partial charge in [-0.3, -0.25) is 10.1 Å². The zero-order chi connectivity index (χ0) is 19.8. The molecule has 0 aromatic heterocycles. The maximum absolute atomic E-state index is 13.2. The molecule has 2 unspecified atom stereocenters. The summed E-state index contributed by atoms with van der Waals surface area (Å²) in [5, 5.41) is 7.76. The lowest BCUT2D eigenvalue weighted by Gasteiger charge is -2.27. The highest BCUT2D eigenvalue weighted by molar-refractivity contribution is 7.89. The Morgan fingerprint density at radius 2 is 2.11 bits per heavy atom. The largest absolute Gasteiger partial charge is 0.496 e. The van der Waals surface area contributed by atoms with Crippen molar-refractivity contribution in [3.05, 3.63) is 23.8 Å². The van der Waals surface area contributed by atoms with Crippen LogP contribution in [0.25, 0.3) is 0 Å². The highest BCUT2D eigenvalue weighted by Crippen LogP contribution is 2.35. The first-order valence-electron chi connectivity index (χ1n) is 8.72. The third kappa shape index (κ3) is 3.28. The summed E-state index contributed by atoms with van der Waals surface area (Å²) in [5.74, 6) is -0.239. The fourth-order valence-electron chi connectivity index (χ4n) is 3.67. The lowest BCUT2D eigenvalue weighted by molar-refractivity contribution is -0.123. The molecule has 2 atom stereocenters. The van der Waals surface area contributed by atoms with E-state index in [0.717, 1.165) is 12.8 Å². The van der Waals surface area contributed by atoms with Crippen LogP contribution < -0.4 is 20.7 Å². The molecule has 9 nitrogen and oxygen atoms in total. The topological polar surface area (TPSA) is 117 Å². The fraction of sp³-hybridized carbons (Fsp3) is 0.529. The Labute approximate surface area is 158 Å². The van der Waals surface area contributed by atoms with Gasteiger partial charge in [-0.25, -0.2) is 13.2 Å². The van der Waals surface area contributed by atoms with Crippen LogP contribution in [-0.2, 0) is 20.4 Å². The van der Waals surface area contributed by atoms with Gasteiger partial charge in [-0.1, -0.05) is 0 Å². The second kappa shape index (κ2) is 7.10. The van der Waals surface area contributed by atoms with Crippen LogP contribution in [0, 0.1) is 0 Å². The van der Waals surface area contributed by atoms with Crippen LogP contribution in [0.5, 0.6) is 5.75 Å². The van der Waals surface area contributed by atoms with Crippen molar-refractivity contribution < 1.29 is 22.7 Å². The molecule has 0 saturated carbocycles. The van der Waals surface area contributed by atoms with E-state index in [1.807, 2.05) is 0 Å². The van der Waals surface area contributed by atoms with Gasteiger partial charge < -0.3 is 15.4 Å². The number of nitrogens with one attached hydrogen (secondary N) is 3. The molecule has 10 heteroatoms. The van der Waals surface area contributed by atoms with Crippen molar-refractivity contribution in [2.24, 2.45) is 0 Å². The number of sulfonamides is 1. The molecule has 27 heavy (non-hydrogen) atoms. The summed E-state index contributed by atoms with van der Waals surface area (Å²) in [6, 6.07) is 3.63. The molecule has 3 N–H and O–H groups in total. The molecule has 0 radical (unpaired) electrons. The molecule has 0 aliphatic carbocycles. The molecule has 1 aromatic rings. The molecule has 0 bridgehead atoms. The molecule has 2 aliphatic heterocycles. The number of benzene rings is 1. The second-order valence-electron chi connectivity index (χ2n) is 6.86. The molecular weight excluding hydrogens is 372 g/mol. The molecule has 2 heterocycles. The van der Waals surface area contributed by atoms with Crippen molar-refractivity contribution in [3.8, 4) is 5.75 Å². The van der Waals surface area contributed by atoms with Crippen molar-refractivity contribution in [2.45, 2.75) is 36.2 Å². The number of hydrogen-bond acceptors (Lipinski definition) is 6. The first kappa shape index (κ1) is 19.6. The number of urea groups is 1. The summed E-state index contributed by atoms with van der Waals surface area (Å²) in [6.07, 6.45) is 1.59. The van der Waals surface area contributed by atoms with Crippen LogP contribution in [0.3, 0.4) is 0 Å². The van der Waals surface area contributed by atoms with Gasteiger partial charge >= 0.3 is 6.03 Å². The Kier molecular flexibility index (Phi) is 5.15. The van der Waals surface area contributed by atoms with Gasteiger partial charge in [0.05, 0.1) is 12.0 Å². The Morgan fingerprint density at radius 1 is 1.37 bits per heavy atom. The molecule has 3 amide bonds. The van der Waals surface area contributed by atoms with Crippen LogP contribution in [0.2, 0.25) is 0 Å². The third-order valence-corrected chi connectivity index (χ3v) is 7.07. The van der Waals surface area contributed by atoms with Gasteiger partial charge in [0.2, 0.25) is 10.0 Å². The number of imide groups is 1. The number of carbonyl (C=O) groups is 2. The SMILES string of the molecule is CNCC1CCCN1S(=O)(=O)c1ccc(OC)c(C2(C)NC(=O)NC2=O)c1. The molecular formula is C17H24N4O5S. The summed E-state index contributed by atoms with van der Waals surface area (Å²) in [4.78, 5) is 24.0. The third-order valence-electron chi connectivity index (χ3n) is 5.12. The smallest absolute Gasteiger partial charge is 0.322 e. The quantitative estimate of drug-likeness (QED) is 0.588. The summed E-state index contributed by atoms with van der Waals surface area (Å²) < 4.78 is 33.2.